The average molecular weight is 364 g/mol. The van der Waals surface area contributed by atoms with Crippen molar-refractivity contribution in [3.63, 3.8) is 0 Å². The maximum absolute atomic E-state index is 11.7. The summed E-state index contributed by atoms with van der Waals surface area (Å²) in [6.45, 7) is 4.16. The highest BCUT2D eigenvalue weighted by atomic mass is 79.9. The Kier molecular flexibility index (Phi) is 8.65. The quantitative estimate of drug-likeness (QED) is 0.671. The van der Waals surface area contributed by atoms with Gasteiger partial charge in [-0.2, -0.15) is 0 Å². The van der Waals surface area contributed by atoms with Gasteiger partial charge in [0, 0.05) is 24.2 Å². The number of hydrogen-bond donors (Lipinski definition) is 2. The molecule has 0 heterocycles. The van der Waals surface area contributed by atoms with Crippen molar-refractivity contribution >= 4 is 39.2 Å². The minimum absolute atomic E-state index is 0.261. The minimum Gasteiger partial charge on any atom is -0.381 e. The van der Waals surface area contributed by atoms with Gasteiger partial charge in [-0.25, -0.2) is 4.79 Å². The lowest BCUT2D eigenvalue weighted by Crippen LogP contribution is -2.30. The van der Waals surface area contributed by atoms with Gasteiger partial charge >= 0.3 is 6.03 Å². The summed E-state index contributed by atoms with van der Waals surface area (Å²) < 4.78 is 6.28. The summed E-state index contributed by atoms with van der Waals surface area (Å²) in [4.78, 5) is 11.7. The van der Waals surface area contributed by atoms with Crippen molar-refractivity contribution in [1.82, 2.24) is 5.32 Å². The van der Waals surface area contributed by atoms with Crippen molar-refractivity contribution in [3.8, 4) is 0 Å². The van der Waals surface area contributed by atoms with Crippen molar-refractivity contribution in [2.75, 3.05) is 25.1 Å². The Morgan fingerprint density at radius 1 is 1.35 bits per heavy atom. The number of benzene rings is 1. The van der Waals surface area contributed by atoms with Crippen molar-refractivity contribution in [3.05, 3.63) is 27.7 Å². The van der Waals surface area contributed by atoms with Crippen LogP contribution in [-0.2, 0) is 4.74 Å². The molecular weight excluding hydrogens is 344 g/mol. The summed E-state index contributed by atoms with van der Waals surface area (Å²) in [6.07, 6.45) is 3.01. The maximum Gasteiger partial charge on any atom is 0.319 e. The van der Waals surface area contributed by atoms with Crippen LogP contribution in [0, 0.1) is 0 Å². The molecule has 20 heavy (non-hydrogen) atoms. The van der Waals surface area contributed by atoms with Crippen LogP contribution in [0.2, 0.25) is 5.02 Å². The molecule has 0 aromatic heterocycles. The fourth-order valence-electron chi connectivity index (χ4n) is 1.48. The first-order valence-corrected chi connectivity index (χ1v) is 7.88. The van der Waals surface area contributed by atoms with Crippen molar-refractivity contribution in [2.24, 2.45) is 0 Å². The second-order valence-electron chi connectivity index (χ2n) is 4.32. The summed E-state index contributed by atoms with van der Waals surface area (Å²) in [5.74, 6) is 0. The van der Waals surface area contributed by atoms with E-state index in [1.807, 2.05) is 6.07 Å². The molecule has 1 rings (SSSR count). The number of amides is 2. The summed E-state index contributed by atoms with van der Waals surface area (Å²) in [5, 5.41) is 5.97. The fourth-order valence-corrected chi connectivity index (χ4v) is 2.20. The van der Waals surface area contributed by atoms with Crippen LogP contribution in [0.25, 0.3) is 0 Å². The van der Waals surface area contributed by atoms with Crippen LogP contribution in [0.5, 0.6) is 0 Å². The van der Waals surface area contributed by atoms with Crippen LogP contribution < -0.4 is 10.6 Å². The fraction of sp³-hybridized carbons (Fsp3) is 0.500. The number of anilines is 1. The zero-order valence-electron chi connectivity index (χ0n) is 11.5. The van der Waals surface area contributed by atoms with Crippen molar-refractivity contribution in [2.45, 2.75) is 26.2 Å². The van der Waals surface area contributed by atoms with Crippen LogP contribution in [0.15, 0.2) is 22.7 Å². The number of rotatable bonds is 8. The summed E-state index contributed by atoms with van der Waals surface area (Å²) in [7, 11) is 0. The Balaban J connectivity index is 2.17. The van der Waals surface area contributed by atoms with E-state index in [-0.39, 0.29) is 6.03 Å². The van der Waals surface area contributed by atoms with Gasteiger partial charge in [0.1, 0.15) is 0 Å². The van der Waals surface area contributed by atoms with Crippen LogP contribution in [0.3, 0.4) is 0 Å². The topological polar surface area (TPSA) is 50.4 Å². The zero-order valence-corrected chi connectivity index (χ0v) is 13.9. The molecule has 0 aliphatic rings. The van der Waals surface area contributed by atoms with E-state index >= 15 is 0 Å². The minimum atomic E-state index is -0.261. The van der Waals surface area contributed by atoms with Gasteiger partial charge in [-0.15, -0.1) is 0 Å². The molecule has 0 spiro atoms. The Bertz CT molecular complexity index is 430. The van der Waals surface area contributed by atoms with E-state index in [9.17, 15) is 4.79 Å². The lowest BCUT2D eigenvalue weighted by molar-refractivity contribution is 0.129. The molecule has 0 fully saturated rings. The van der Waals surface area contributed by atoms with Gasteiger partial charge in [-0.1, -0.05) is 40.9 Å². The van der Waals surface area contributed by atoms with E-state index in [0.717, 1.165) is 30.3 Å². The standard InChI is InChI=1S/C14H20BrClN2O2/c1-2-3-8-20-9-4-7-17-14(19)18-13-6-5-11(15)10-12(13)16/h5-6,10H,2-4,7-9H2,1H3,(H2,17,18,19). The first-order valence-electron chi connectivity index (χ1n) is 6.71. The maximum atomic E-state index is 11.7. The van der Waals surface area contributed by atoms with Gasteiger partial charge in [-0.3, -0.25) is 0 Å². The number of carbonyl (C=O) groups is 1. The zero-order chi connectivity index (χ0) is 14.8. The highest BCUT2D eigenvalue weighted by molar-refractivity contribution is 9.10. The van der Waals surface area contributed by atoms with Gasteiger partial charge < -0.3 is 15.4 Å². The second kappa shape index (κ2) is 10.0. The first kappa shape index (κ1) is 17.3. The number of halogens is 2. The third kappa shape index (κ3) is 7.12. The van der Waals surface area contributed by atoms with Gasteiger partial charge in [0.2, 0.25) is 0 Å². The first-order chi connectivity index (χ1) is 9.63. The molecule has 0 aliphatic heterocycles. The summed E-state index contributed by atoms with van der Waals surface area (Å²) in [6, 6.07) is 5.05. The molecule has 0 atom stereocenters. The van der Waals surface area contributed by atoms with E-state index in [1.165, 1.54) is 0 Å². The lowest BCUT2D eigenvalue weighted by atomic mass is 10.3. The van der Waals surface area contributed by atoms with Crippen LogP contribution in [0.1, 0.15) is 26.2 Å². The number of ether oxygens (including phenoxy) is 1. The molecule has 0 aliphatic carbocycles. The third-order valence-corrected chi connectivity index (χ3v) is 3.38. The van der Waals surface area contributed by atoms with E-state index in [4.69, 9.17) is 16.3 Å². The highest BCUT2D eigenvalue weighted by Crippen LogP contribution is 2.25. The van der Waals surface area contributed by atoms with E-state index < -0.39 is 0 Å². The van der Waals surface area contributed by atoms with E-state index in [1.54, 1.807) is 12.1 Å². The van der Waals surface area contributed by atoms with Gasteiger partial charge in [-0.05, 0) is 31.0 Å². The monoisotopic (exact) mass is 362 g/mol. The molecule has 2 amide bonds. The Hall–Kier alpha value is -0.780. The SMILES string of the molecule is CCCCOCCCNC(=O)Nc1ccc(Br)cc1Cl. The summed E-state index contributed by atoms with van der Waals surface area (Å²) >= 11 is 9.33. The molecular formula is C14H20BrClN2O2. The molecule has 112 valence electrons. The molecule has 0 bridgehead atoms. The van der Waals surface area contributed by atoms with Gasteiger partial charge in [0.05, 0.1) is 10.7 Å². The Labute approximate surface area is 133 Å². The van der Waals surface area contributed by atoms with E-state index in [0.29, 0.717) is 23.9 Å². The van der Waals surface area contributed by atoms with Crippen LogP contribution in [0.4, 0.5) is 10.5 Å². The average Bonchev–Trinajstić information content (AvgIpc) is 2.41. The normalized spacial score (nSPS) is 10.3. The smallest absolute Gasteiger partial charge is 0.319 e. The van der Waals surface area contributed by atoms with Crippen LogP contribution >= 0.6 is 27.5 Å². The highest BCUT2D eigenvalue weighted by Gasteiger charge is 2.05. The molecule has 4 nitrogen and oxygen atoms in total. The molecule has 1 aromatic rings. The van der Waals surface area contributed by atoms with E-state index in [2.05, 4.69) is 33.5 Å². The molecule has 6 heteroatoms. The second-order valence-corrected chi connectivity index (χ2v) is 5.65. The molecule has 0 unspecified atom stereocenters. The van der Waals surface area contributed by atoms with Gasteiger partial charge in [0.25, 0.3) is 0 Å². The van der Waals surface area contributed by atoms with Crippen molar-refractivity contribution in [1.29, 1.82) is 0 Å². The predicted octanol–water partition coefficient (Wildman–Crippen LogP) is 4.43. The summed E-state index contributed by atoms with van der Waals surface area (Å²) in [5.41, 5.74) is 0.589. The van der Waals surface area contributed by atoms with Gasteiger partial charge in [0.15, 0.2) is 0 Å². The predicted molar refractivity (Wildman–Crippen MR) is 86.5 cm³/mol. The molecule has 0 saturated carbocycles. The number of urea groups is 1. The molecule has 0 saturated heterocycles. The number of hydrogen-bond acceptors (Lipinski definition) is 2. The molecule has 2 N–H and O–H groups in total. The number of carbonyl (C=O) groups excluding carboxylic acids is 1. The number of unbranched alkanes of at least 4 members (excludes halogenated alkanes) is 1. The number of nitrogens with one attached hydrogen (secondary N) is 2. The van der Waals surface area contributed by atoms with Crippen LogP contribution in [-0.4, -0.2) is 25.8 Å². The lowest BCUT2D eigenvalue weighted by Gasteiger charge is -2.09. The Morgan fingerprint density at radius 3 is 2.80 bits per heavy atom. The van der Waals surface area contributed by atoms with Crippen molar-refractivity contribution < 1.29 is 9.53 Å². The molecule has 0 radical (unpaired) electrons. The Morgan fingerprint density at radius 2 is 2.10 bits per heavy atom. The largest absolute Gasteiger partial charge is 0.381 e. The third-order valence-electron chi connectivity index (χ3n) is 2.57. The molecule has 1 aromatic carbocycles.